The molecule has 0 aromatic heterocycles. The molecule has 1 aromatic carbocycles. The Morgan fingerprint density at radius 1 is 1.47 bits per heavy atom. The van der Waals surface area contributed by atoms with Crippen LogP contribution in [0.15, 0.2) is 27.6 Å². The van der Waals surface area contributed by atoms with E-state index >= 15 is 0 Å². The lowest BCUT2D eigenvalue weighted by Gasteiger charge is -2.23. The predicted molar refractivity (Wildman–Crippen MR) is 81.3 cm³/mol. The van der Waals surface area contributed by atoms with Crippen LogP contribution in [0.2, 0.25) is 0 Å². The number of hydrogen-bond acceptors (Lipinski definition) is 4. The lowest BCUT2D eigenvalue weighted by Crippen LogP contribution is -2.39. The first-order chi connectivity index (χ1) is 9.15. The summed E-state index contributed by atoms with van der Waals surface area (Å²) in [6.45, 7) is 1.48. The van der Waals surface area contributed by atoms with Crippen LogP contribution in [0, 0.1) is 0 Å². The van der Waals surface area contributed by atoms with Gasteiger partial charge in [-0.1, -0.05) is 0 Å². The van der Waals surface area contributed by atoms with Gasteiger partial charge in [-0.15, -0.1) is 11.8 Å². The van der Waals surface area contributed by atoms with Gasteiger partial charge in [0.1, 0.15) is 0 Å². The molecule has 1 fully saturated rings. The second-order valence-corrected chi connectivity index (χ2v) is 6.30. The van der Waals surface area contributed by atoms with Crippen LogP contribution in [0.1, 0.15) is 12.8 Å². The number of nitrogens with two attached hydrogens (primary N) is 1. The van der Waals surface area contributed by atoms with Gasteiger partial charge in [-0.2, -0.15) is 0 Å². The van der Waals surface area contributed by atoms with Gasteiger partial charge in [0.05, 0.1) is 5.75 Å². The Morgan fingerprint density at radius 2 is 2.21 bits per heavy atom. The Hall–Kier alpha value is -0.720. The van der Waals surface area contributed by atoms with Gasteiger partial charge >= 0.3 is 0 Å². The number of benzene rings is 1. The van der Waals surface area contributed by atoms with E-state index in [1.54, 1.807) is 0 Å². The highest BCUT2D eigenvalue weighted by Crippen LogP contribution is 2.29. The fraction of sp³-hybridized carbons (Fsp3) is 0.462. The summed E-state index contributed by atoms with van der Waals surface area (Å²) in [7, 11) is 0. The number of ether oxygens (including phenoxy) is 1. The summed E-state index contributed by atoms with van der Waals surface area (Å²) in [5.74, 6) is 0.487. The number of halogens is 1. The van der Waals surface area contributed by atoms with E-state index in [1.807, 2.05) is 18.2 Å². The number of hydrogen-bond donors (Lipinski definition) is 2. The molecule has 0 aliphatic carbocycles. The molecular weight excluding hydrogens is 328 g/mol. The summed E-state index contributed by atoms with van der Waals surface area (Å²) in [6.07, 6.45) is 1.81. The maximum Gasteiger partial charge on any atom is 0.230 e. The molecule has 1 aromatic rings. The zero-order chi connectivity index (χ0) is 13.7. The summed E-state index contributed by atoms with van der Waals surface area (Å²) >= 11 is 4.95. The highest BCUT2D eigenvalue weighted by Gasteiger charge is 2.16. The van der Waals surface area contributed by atoms with Crippen molar-refractivity contribution >= 4 is 39.3 Å². The minimum absolute atomic E-state index is 0.0700. The van der Waals surface area contributed by atoms with Gasteiger partial charge in [0.15, 0.2) is 0 Å². The third-order valence-corrected chi connectivity index (χ3v) is 4.89. The Balaban J connectivity index is 1.79. The van der Waals surface area contributed by atoms with Crippen molar-refractivity contribution in [2.75, 3.05) is 24.7 Å². The minimum Gasteiger partial charge on any atom is -0.399 e. The van der Waals surface area contributed by atoms with E-state index in [-0.39, 0.29) is 11.9 Å². The fourth-order valence-corrected chi connectivity index (χ4v) is 3.36. The Bertz CT molecular complexity index is 450. The third-order valence-electron chi connectivity index (χ3n) is 2.90. The summed E-state index contributed by atoms with van der Waals surface area (Å²) < 4.78 is 6.19. The van der Waals surface area contributed by atoms with Crippen LogP contribution in [-0.4, -0.2) is 30.9 Å². The number of thioether (sulfide) groups is 1. The molecule has 104 valence electrons. The number of nitrogen functional groups attached to an aromatic ring is 1. The minimum atomic E-state index is 0.0700. The predicted octanol–water partition coefficient (Wildman–Crippen LogP) is 2.42. The maximum atomic E-state index is 11.9. The summed E-state index contributed by atoms with van der Waals surface area (Å²) in [5, 5.41) is 3.04. The molecule has 0 bridgehead atoms. The van der Waals surface area contributed by atoms with E-state index in [1.165, 1.54) is 11.8 Å². The highest BCUT2D eigenvalue weighted by atomic mass is 79.9. The molecule has 1 heterocycles. The van der Waals surface area contributed by atoms with Crippen molar-refractivity contribution in [3.8, 4) is 0 Å². The number of carbonyl (C=O) groups excluding carboxylic acids is 1. The van der Waals surface area contributed by atoms with E-state index < -0.39 is 0 Å². The maximum absolute atomic E-state index is 11.9. The highest BCUT2D eigenvalue weighted by molar-refractivity contribution is 9.10. The average Bonchev–Trinajstić information content (AvgIpc) is 2.39. The Kier molecular flexibility index (Phi) is 5.54. The number of anilines is 1. The fourth-order valence-electron chi connectivity index (χ4n) is 1.89. The third kappa shape index (κ3) is 4.71. The summed E-state index contributed by atoms with van der Waals surface area (Å²) in [6, 6.07) is 5.87. The zero-order valence-corrected chi connectivity index (χ0v) is 12.9. The summed E-state index contributed by atoms with van der Waals surface area (Å²) in [5.41, 5.74) is 6.39. The first kappa shape index (κ1) is 14.7. The molecular formula is C13H17BrN2O2S. The normalized spacial score (nSPS) is 16.3. The molecule has 2 rings (SSSR count). The molecule has 6 heteroatoms. The number of rotatable bonds is 4. The first-order valence-corrected chi connectivity index (χ1v) is 7.98. The van der Waals surface area contributed by atoms with Crippen molar-refractivity contribution in [2.45, 2.75) is 23.8 Å². The van der Waals surface area contributed by atoms with E-state index in [4.69, 9.17) is 10.5 Å². The molecule has 1 aliphatic heterocycles. The second kappa shape index (κ2) is 7.17. The molecule has 0 atom stereocenters. The van der Waals surface area contributed by atoms with Gasteiger partial charge in [-0.3, -0.25) is 4.79 Å². The summed E-state index contributed by atoms with van der Waals surface area (Å²) in [4.78, 5) is 12.9. The van der Waals surface area contributed by atoms with Gasteiger partial charge in [0, 0.05) is 34.3 Å². The molecule has 0 spiro atoms. The average molecular weight is 345 g/mol. The molecule has 0 saturated carbocycles. The smallest absolute Gasteiger partial charge is 0.230 e. The lowest BCUT2D eigenvalue weighted by atomic mass is 10.1. The largest absolute Gasteiger partial charge is 0.399 e. The van der Waals surface area contributed by atoms with Crippen molar-refractivity contribution < 1.29 is 9.53 Å². The van der Waals surface area contributed by atoms with Gasteiger partial charge in [-0.05, 0) is 47.0 Å². The van der Waals surface area contributed by atoms with Crippen molar-refractivity contribution in [1.29, 1.82) is 0 Å². The van der Waals surface area contributed by atoms with E-state index in [2.05, 4.69) is 21.2 Å². The molecule has 0 unspecified atom stereocenters. The molecule has 4 nitrogen and oxygen atoms in total. The standard InChI is InChI=1S/C13H17BrN2O2S/c14-11-7-9(15)1-2-12(11)19-8-13(17)16-10-3-5-18-6-4-10/h1-2,7,10H,3-6,8,15H2,(H,16,17). The van der Waals surface area contributed by atoms with Crippen LogP contribution in [0.25, 0.3) is 0 Å². The monoisotopic (exact) mass is 344 g/mol. The molecule has 1 aliphatic rings. The molecule has 0 radical (unpaired) electrons. The van der Waals surface area contributed by atoms with E-state index in [9.17, 15) is 4.79 Å². The van der Waals surface area contributed by atoms with Gasteiger partial charge in [-0.25, -0.2) is 0 Å². The molecule has 19 heavy (non-hydrogen) atoms. The van der Waals surface area contributed by atoms with Crippen molar-refractivity contribution in [1.82, 2.24) is 5.32 Å². The molecule has 1 amide bonds. The Labute approximate surface area is 125 Å². The van der Waals surface area contributed by atoms with Crippen LogP contribution < -0.4 is 11.1 Å². The lowest BCUT2D eigenvalue weighted by molar-refractivity contribution is -0.119. The van der Waals surface area contributed by atoms with Crippen molar-refractivity contribution in [3.63, 3.8) is 0 Å². The van der Waals surface area contributed by atoms with Gasteiger partial charge in [0.25, 0.3) is 0 Å². The van der Waals surface area contributed by atoms with Crippen LogP contribution in [0.5, 0.6) is 0 Å². The van der Waals surface area contributed by atoms with Gasteiger partial charge < -0.3 is 15.8 Å². The van der Waals surface area contributed by atoms with Crippen molar-refractivity contribution in [3.05, 3.63) is 22.7 Å². The van der Waals surface area contributed by atoms with Gasteiger partial charge in [0.2, 0.25) is 5.91 Å². The Morgan fingerprint density at radius 3 is 2.89 bits per heavy atom. The second-order valence-electron chi connectivity index (χ2n) is 4.43. The number of amides is 1. The number of carbonyl (C=O) groups is 1. The van der Waals surface area contributed by atoms with Crippen LogP contribution in [0.4, 0.5) is 5.69 Å². The molecule has 3 N–H and O–H groups in total. The van der Waals surface area contributed by atoms with E-state index in [0.29, 0.717) is 11.4 Å². The zero-order valence-electron chi connectivity index (χ0n) is 10.5. The van der Waals surface area contributed by atoms with Crippen molar-refractivity contribution in [2.24, 2.45) is 0 Å². The van der Waals surface area contributed by atoms with E-state index in [0.717, 1.165) is 35.4 Å². The number of nitrogens with one attached hydrogen (secondary N) is 1. The van der Waals surface area contributed by atoms with Crippen LogP contribution >= 0.6 is 27.7 Å². The molecule has 1 saturated heterocycles. The van der Waals surface area contributed by atoms with Crippen LogP contribution in [0.3, 0.4) is 0 Å². The van der Waals surface area contributed by atoms with Crippen LogP contribution in [-0.2, 0) is 9.53 Å². The topological polar surface area (TPSA) is 64.4 Å². The first-order valence-electron chi connectivity index (χ1n) is 6.20. The quantitative estimate of drug-likeness (QED) is 0.650. The SMILES string of the molecule is Nc1ccc(SCC(=O)NC2CCOCC2)c(Br)c1.